The molecule has 0 N–H and O–H groups in total. The number of methoxy groups -OCH3 is 1. The fourth-order valence-electron chi connectivity index (χ4n) is 1.84. The fourth-order valence-corrected chi connectivity index (χ4v) is 1.84. The van der Waals surface area contributed by atoms with Crippen LogP contribution in [0.5, 0.6) is 11.5 Å². The third kappa shape index (κ3) is 5.14. The Morgan fingerprint density at radius 3 is 2.67 bits per heavy atom. The Kier molecular flexibility index (Phi) is 6.79. The van der Waals surface area contributed by atoms with E-state index < -0.39 is 0 Å². The van der Waals surface area contributed by atoms with E-state index in [0.29, 0.717) is 29.6 Å². The van der Waals surface area contributed by atoms with Crippen LogP contribution in [-0.2, 0) is 0 Å². The van der Waals surface area contributed by atoms with Crippen molar-refractivity contribution in [3.63, 3.8) is 0 Å². The summed E-state index contributed by atoms with van der Waals surface area (Å²) < 4.78 is 10.8. The summed E-state index contributed by atoms with van der Waals surface area (Å²) in [4.78, 5) is 14.1. The van der Waals surface area contributed by atoms with E-state index in [4.69, 9.17) is 9.47 Å². The van der Waals surface area contributed by atoms with Crippen molar-refractivity contribution in [2.24, 2.45) is 5.92 Å². The van der Waals surface area contributed by atoms with E-state index in [1.807, 2.05) is 7.05 Å². The highest BCUT2D eigenvalue weighted by Gasteiger charge is 2.15. The number of nitrogens with zero attached hydrogens (tertiary/aromatic N) is 1. The molecule has 0 aliphatic heterocycles. The lowest BCUT2D eigenvalue weighted by Crippen LogP contribution is -2.28. The first-order valence-corrected chi connectivity index (χ1v) is 7.16. The minimum Gasteiger partial charge on any atom is -0.493 e. The Hall–Kier alpha value is -1.97. The van der Waals surface area contributed by atoms with Crippen LogP contribution in [0.4, 0.5) is 0 Å². The largest absolute Gasteiger partial charge is 0.493 e. The molecule has 4 nitrogen and oxygen atoms in total. The van der Waals surface area contributed by atoms with Gasteiger partial charge in [-0.25, -0.2) is 0 Å². The Labute approximate surface area is 127 Å². The average Bonchev–Trinajstić information content (AvgIpc) is 2.49. The topological polar surface area (TPSA) is 38.8 Å². The van der Waals surface area contributed by atoms with Crippen LogP contribution in [0.25, 0.3) is 0 Å². The standard InChI is InChI=1S/C17H25NO3/c1-6-11-21-15-8-7-14(12-16(15)20-5)17(19)18(4)10-9-13(2)3/h6-8,12-13H,1,9-11H2,2-5H3. The number of carbonyl (C=O) groups is 1. The molecule has 0 bridgehead atoms. The van der Waals surface area contributed by atoms with Gasteiger partial charge in [-0.3, -0.25) is 4.79 Å². The van der Waals surface area contributed by atoms with E-state index in [1.54, 1.807) is 36.3 Å². The molecule has 0 atom stereocenters. The lowest BCUT2D eigenvalue weighted by atomic mass is 10.1. The molecule has 1 aromatic carbocycles. The van der Waals surface area contributed by atoms with Crippen molar-refractivity contribution in [2.45, 2.75) is 20.3 Å². The maximum absolute atomic E-state index is 12.4. The van der Waals surface area contributed by atoms with Crippen molar-refractivity contribution in [2.75, 3.05) is 27.3 Å². The third-order valence-corrected chi connectivity index (χ3v) is 3.16. The molecular formula is C17H25NO3. The van der Waals surface area contributed by atoms with Gasteiger partial charge in [-0.1, -0.05) is 26.5 Å². The Morgan fingerprint density at radius 2 is 2.10 bits per heavy atom. The van der Waals surface area contributed by atoms with Gasteiger partial charge in [0.1, 0.15) is 6.61 Å². The molecule has 1 amide bonds. The van der Waals surface area contributed by atoms with E-state index in [2.05, 4.69) is 20.4 Å². The smallest absolute Gasteiger partial charge is 0.253 e. The number of carbonyl (C=O) groups excluding carboxylic acids is 1. The second-order valence-electron chi connectivity index (χ2n) is 5.37. The molecule has 0 unspecified atom stereocenters. The van der Waals surface area contributed by atoms with Crippen molar-refractivity contribution in [3.8, 4) is 11.5 Å². The van der Waals surface area contributed by atoms with Crippen LogP contribution >= 0.6 is 0 Å². The van der Waals surface area contributed by atoms with Crippen LogP contribution in [0, 0.1) is 5.92 Å². The van der Waals surface area contributed by atoms with Gasteiger partial charge in [0, 0.05) is 19.2 Å². The minimum absolute atomic E-state index is 0.00998. The predicted molar refractivity (Wildman–Crippen MR) is 85.1 cm³/mol. The highest BCUT2D eigenvalue weighted by atomic mass is 16.5. The predicted octanol–water partition coefficient (Wildman–Crippen LogP) is 3.38. The van der Waals surface area contributed by atoms with Crippen LogP contribution in [0.2, 0.25) is 0 Å². The van der Waals surface area contributed by atoms with Crippen LogP contribution in [0.3, 0.4) is 0 Å². The van der Waals surface area contributed by atoms with Gasteiger partial charge in [-0.2, -0.15) is 0 Å². The molecule has 0 aliphatic rings. The van der Waals surface area contributed by atoms with Gasteiger partial charge < -0.3 is 14.4 Å². The molecule has 0 aliphatic carbocycles. The zero-order chi connectivity index (χ0) is 15.8. The molecule has 1 rings (SSSR count). The van der Waals surface area contributed by atoms with E-state index in [1.165, 1.54) is 0 Å². The van der Waals surface area contributed by atoms with Gasteiger partial charge in [0.2, 0.25) is 0 Å². The number of ether oxygens (including phenoxy) is 2. The molecule has 0 saturated heterocycles. The lowest BCUT2D eigenvalue weighted by Gasteiger charge is -2.19. The minimum atomic E-state index is -0.00998. The number of hydrogen-bond donors (Lipinski definition) is 0. The summed E-state index contributed by atoms with van der Waals surface area (Å²) in [5, 5.41) is 0. The molecule has 0 radical (unpaired) electrons. The highest BCUT2D eigenvalue weighted by molar-refractivity contribution is 5.94. The summed E-state index contributed by atoms with van der Waals surface area (Å²) in [6.45, 7) is 9.04. The van der Waals surface area contributed by atoms with E-state index in [9.17, 15) is 4.79 Å². The zero-order valence-corrected chi connectivity index (χ0v) is 13.4. The monoisotopic (exact) mass is 291 g/mol. The zero-order valence-electron chi connectivity index (χ0n) is 13.4. The molecule has 1 aromatic rings. The van der Waals surface area contributed by atoms with Crippen LogP contribution in [0.15, 0.2) is 30.9 Å². The van der Waals surface area contributed by atoms with Gasteiger partial charge in [-0.05, 0) is 30.5 Å². The summed E-state index contributed by atoms with van der Waals surface area (Å²) in [6, 6.07) is 5.23. The van der Waals surface area contributed by atoms with Gasteiger partial charge in [-0.15, -0.1) is 0 Å². The van der Waals surface area contributed by atoms with Crippen LogP contribution in [-0.4, -0.2) is 38.1 Å². The van der Waals surface area contributed by atoms with Crippen molar-refractivity contribution in [1.82, 2.24) is 4.90 Å². The first-order valence-electron chi connectivity index (χ1n) is 7.16. The second-order valence-corrected chi connectivity index (χ2v) is 5.37. The molecule has 0 heterocycles. The Morgan fingerprint density at radius 1 is 1.38 bits per heavy atom. The Balaban J connectivity index is 2.82. The second kappa shape index (κ2) is 8.35. The van der Waals surface area contributed by atoms with Crippen LogP contribution < -0.4 is 9.47 Å². The van der Waals surface area contributed by atoms with Crippen molar-refractivity contribution in [3.05, 3.63) is 36.4 Å². The summed E-state index contributed by atoms with van der Waals surface area (Å²) >= 11 is 0. The Bertz CT molecular complexity index is 483. The maximum atomic E-state index is 12.4. The fraction of sp³-hybridized carbons (Fsp3) is 0.471. The number of amides is 1. The average molecular weight is 291 g/mol. The lowest BCUT2D eigenvalue weighted by molar-refractivity contribution is 0.0788. The molecule has 4 heteroatoms. The molecule has 0 spiro atoms. The van der Waals surface area contributed by atoms with E-state index >= 15 is 0 Å². The van der Waals surface area contributed by atoms with Crippen molar-refractivity contribution in [1.29, 1.82) is 0 Å². The van der Waals surface area contributed by atoms with E-state index in [-0.39, 0.29) is 5.91 Å². The summed E-state index contributed by atoms with van der Waals surface area (Å²) in [6.07, 6.45) is 2.65. The van der Waals surface area contributed by atoms with Crippen LogP contribution in [0.1, 0.15) is 30.6 Å². The first kappa shape index (κ1) is 17.1. The highest BCUT2D eigenvalue weighted by Crippen LogP contribution is 2.28. The molecule has 0 saturated carbocycles. The van der Waals surface area contributed by atoms with Gasteiger partial charge in [0.25, 0.3) is 5.91 Å². The van der Waals surface area contributed by atoms with Crippen molar-refractivity contribution < 1.29 is 14.3 Å². The number of hydrogen-bond acceptors (Lipinski definition) is 3. The summed E-state index contributed by atoms with van der Waals surface area (Å²) in [7, 11) is 3.38. The summed E-state index contributed by atoms with van der Waals surface area (Å²) in [5.41, 5.74) is 0.601. The molecule has 0 aromatic heterocycles. The quantitative estimate of drug-likeness (QED) is 0.689. The molecular weight excluding hydrogens is 266 g/mol. The third-order valence-electron chi connectivity index (χ3n) is 3.16. The van der Waals surface area contributed by atoms with Crippen molar-refractivity contribution >= 4 is 5.91 Å². The first-order chi connectivity index (χ1) is 9.99. The number of rotatable bonds is 8. The molecule has 21 heavy (non-hydrogen) atoms. The summed E-state index contributed by atoms with van der Waals surface area (Å²) in [5.74, 6) is 1.73. The van der Waals surface area contributed by atoms with Gasteiger partial charge in [0.15, 0.2) is 11.5 Å². The molecule has 116 valence electrons. The van der Waals surface area contributed by atoms with E-state index in [0.717, 1.165) is 13.0 Å². The SMILES string of the molecule is C=CCOc1ccc(C(=O)N(C)CCC(C)C)cc1OC. The van der Waals surface area contributed by atoms with Gasteiger partial charge >= 0.3 is 0 Å². The number of benzene rings is 1. The normalized spacial score (nSPS) is 10.3. The van der Waals surface area contributed by atoms with Gasteiger partial charge in [0.05, 0.1) is 7.11 Å². The maximum Gasteiger partial charge on any atom is 0.253 e. The molecule has 0 fully saturated rings.